The number of nitrogens with one attached hydrogen (secondary N) is 2. The number of piperidine rings is 1. The van der Waals surface area contributed by atoms with Crippen LogP contribution >= 0.6 is 0 Å². The Kier molecular flexibility index (Phi) is 3.29. The summed E-state index contributed by atoms with van der Waals surface area (Å²) in [5.41, 5.74) is 1.36. The zero-order valence-electron chi connectivity index (χ0n) is 10.4. The second kappa shape index (κ2) is 5.09. The van der Waals surface area contributed by atoms with Gasteiger partial charge < -0.3 is 5.32 Å². The van der Waals surface area contributed by atoms with Crippen molar-refractivity contribution < 1.29 is 8.78 Å². The highest BCUT2D eigenvalue weighted by atomic mass is 19.1. The smallest absolute Gasteiger partial charge is 0.134 e. The van der Waals surface area contributed by atoms with Crippen LogP contribution in [0.4, 0.5) is 8.78 Å². The number of halogens is 2. The number of aromatic amines is 1. The van der Waals surface area contributed by atoms with Gasteiger partial charge in [0.05, 0.1) is 11.8 Å². The van der Waals surface area contributed by atoms with Crippen molar-refractivity contribution in [3.63, 3.8) is 0 Å². The van der Waals surface area contributed by atoms with Crippen molar-refractivity contribution in [1.82, 2.24) is 15.5 Å². The zero-order valence-corrected chi connectivity index (χ0v) is 10.4. The van der Waals surface area contributed by atoms with Crippen LogP contribution in [-0.2, 0) is 0 Å². The van der Waals surface area contributed by atoms with Crippen LogP contribution in [0.1, 0.15) is 24.5 Å². The molecule has 1 aromatic carbocycles. The van der Waals surface area contributed by atoms with Crippen molar-refractivity contribution in [3.05, 3.63) is 41.7 Å². The van der Waals surface area contributed by atoms with Gasteiger partial charge in [0, 0.05) is 23.7 Å². The second-order valence-electron chi connectivity index (χ2n) is 4.84. The standard InChI is InChI=1S/C14H15F2N3/c15-11-4-1-5-12(16)13(11)10-8-18-19-14(10)9-3-2-6-17-7-9/h1,4-5,8-9,17H,2-3,6-7H2,(H,18,19)/t9-/m0/s1. The summed E-state index contributed by atoms with van der Waals surface area (Å²) in [6.07, 6.45) is 3.56. The Morgan fingerprint density at radius 3 is 2.68 bits per heavy atom. The van der Waals surface area contributed by atoms with Crippen molar-refractivity contribution in [2.24, 2.45) is 0 Å². The molecule has 0 spiro atoms. The normalized spacial score (nSPS) is 19.6. The molecular weight excluding hydrogens is 248 g/mol. The van der Waals surface area contributed by atoms with Gasteiger partial charge in [-0.25, -0.2) is 8.78 Å². The third-order valence-electron chi connectivity index (χ3n) is 3.61. The number of rotatable bonds is 2. The summed E-state index contributed by atoms with van der Waals surface area (Å²) in [5.74, 6) is -0.872. The molecule has 2 aromatic rings. The van der Waals surface area contributed by atoms with Gasteiger partial charge >= 0.3 is 0 Å². The maximum atomic E-state index is 13.9. The van der Waals surface area contributed by atoms with Gasteiger partial charge in [-0.1, -0.05) is 6.07 Å². The van der Waals surface area contributed by atoms with Crippen LogP contribution < -0.4 is 5.32 Å². The van der Waals surface area contributed by atoms with Gasteiger partial charge in [-0.15, -0.1) is 0 Å². The summed E-state index contributed by atoms with van der Waals surface area (Å²) in [4.78, 5) is 0. The topological polar surface area (TPSA) is 40.7 Å². The molecule has 0 bridgehead atoms. The van der Waals surface area contributed by atoms with Crippen molar-refractivity contribution >= 4 is 0 Å². The van der Waals surface area contributed by atoms with Crippen LogP contribution in [0.25, 0.3) is 11.1 Å². The molecule has 3 rings (SSSR count). The van der Waals surface area contributed by atoms with E-state index in [0.29, 0.717) is 5.56 Å². The third kappa shape index (κ3) is 2.26. The summed E-state index contributed by atoms with van der Waals surface area (Å²) in [6.45, 7) is 1.80. The average Bonchev–Trinajstić information content (AvgIpc) is 2.89. The Labute approximate surface area is 110 Å². The first-order chi connectivity index (χ1) is 9.27. The molecule has 3 nitrogen and oxygen atoms in total. The van der Waals surface area contributed by atoms with Crippen molar-refractivity contribution in [2.45, 2.75) is 18.8 Å². The van der Waals surface area contributed by atoms with E-state index >= 15 is 0 Å². The van der Waals surface area contributed by atoms with Crippen molar-refractivity contribution in [1.29, 1.82) is 0 Å². The predicted octanol–water partition coefficient (Wildman–Crippen LogP) is 2.82. The molecule has 0 aliphatic carbocycles. The Hall–Kier alpha value is -1.75. The molecule has 0 unspecified atom stereocenters. The highest BCUT2D eigenvalue weighted by Gasteiger charge is 2.23. The third-order valence-corrected chi connectivity index (χ3v) is 3.61. The molecule has 1 aliphatic rings. The van der Waals surface area contributed by atoms with Gasteiger partial charge in [0.1, 0.15) is 11.6 Å². The van der Waals surface area contributed by atoms with Gasteiger partial charge in [0.2, 0.25) is 0 Å². The molecule has 1 atom stereocenters. The van der Waals surface area contributed by atoms with E-state index in [0.717, 1.165) is 31.6 Å². The molecule has 1 aromatic heterocycles. The summed E-state index contributed by atoms with van der Waals surface area (Å²) in [7, 11) is 0. The molecule has 5 heteroatoms. The number of benzene rings is 1. The van der Waals surface area contributed by atoms with E-state index in [-0.39, 0.29) is 11.5 Å². The SMILES string of the molecule is Fc1cccc(F)c1-c1cn[nH]c1[C@H]1CCCNC1. The fourth-order valence-corrected chi connectivity index (χ4v) is 2.66. The number of nitrogens with zero attached hydrogens (tertiary/aromatic N) is 1. The molecule has 2 N–H and O–H groups in total. The van der Waals surface area contributed by atoms with E-state index in [1.54, 1.807) is 0 Å². The van der Waals surface area contributed by atoms with E-state index in [1.165, 1.54) is 24.4 Å². The Balaban J connectivity index is 2.04. The average molecular weight is 263 g/mol. The minimum atomic E-state index is -0.550. The zero-order chi connectivity index (χ0) is 13.2. The second-order valence-corrected chi connectivity index (χ2v) is 4.84. The lowest BCUT2D eigenvalue weighted by Crippen LogP contribution is -2.28. The van der Waals surface area contributed by atoms with Crippen LogP contribution in [-0.4, -0.2) is 23.3 Å². The van der Waals surface area contributed by atoms with E-state index in [1.807, 2.05) is 0 Å². The summed E-state index contributed by atoms with van der Waals surface area (Å²) in [5, 5.41) is 10.2. The van der Waals surface area contributed by atoms with Crippen LogP contribution in [0.3, 0.4) is 0 Å². The minimum Gasteiger partial charge on any atom is -0.316 e. The molecule has 1 aliphatic heterocycles. The molecule has 1 fully saturated rings. The van der Waals surface area contributed by atoms with Crippen LogP contribution in [0, 0.1) is 11.6 Å². The predicted molar refractivity (Wildman–Crippen MR) is 68.8 cm³/mol. The fraction of sp³-hybridized carbons (Fsp3) is 0.357. The highest BCUT2D eigenvalue weighted by Crippen LogP contribution is 2.33. The molecule has 19 heavy (non-hydrogen) atoms. The molecule has 0 saturated carbocycles. The first kappa shape index (κ1) is 12.3. The molecule has 1 saturated heterocycles. The van der Waals surface area contributed by atoms with E-state index in [4.69, 9.17) is 0 Å². The van der Waals surface area contributed by atoms with Crippen LogP contribution in [0.15, 0.2) is 24.4 Å². The molecular formula is C14H15F2N3. The van der Waals surface area contributed by atoms with Gasteiger partial charge in [0.15, 0.2) is 0 Å². The Morgan fingerprint density at radius 1 is 1.21 bits per heavy atom. The molecule has 0 radical (unpaired) electrons. The summed E-state index contributed by atoms with van der Waals surface area (Å²) in [6, 6.07) is 3.92. The van der Waals surface area contributed by atoms with E-state index in [9.17, 15) is 8.78 Å². The van der Waals surface area contributed by atoms with Gasteiger partial charge in [-0.05, 0) is 31.5 Å². The number of hydrogen-bond donors (Lipinski definition) is 2. The van der Waals surface area contributed by atoms with Crippen molar-refractivity contribution in [2.75, 3.05) is 13.1 Å². The lowest BCUT2D eigenvalue weighted by Gasteiger charge is -2.22. The lowest BCUT2D eigenvalue weighted by atomic mass is 9.91. The molecule has 0 amide bonds. The van der Waals surface area contributed by atoms with E-state index in [2.05, 4.69) is 15.5 Å². The van der Waals surface area contributed by atoms with E-state index < -0.39 is 11.6 Å². The highest BCUT2D eigenvalue weighted by molar-refractivity contribution is 5.67. The van der Waals surface area contributed by atoms with Crippen molar-refractivity contribution in [3.8, 4) is 11.1 Å². The van der Waals surface area contributed by atoms with Crippen LogP contribution in [0.2, 0.25) is 0 Å². The van der Waals surface area contributed by atoms with Gasteiger partial charge in [-0.2, -0.15) is 5.10 Å². The Bertz CT molecular complexity index is 554. The summed E-state index contributed by atoms with van der Waals surface area (Å²) >= 11 is 0. The number of aromatic nitrogens is 2. The molecule has 100 valence electrons. The first-order valence-electron chi connectivity index (χ1n) is 6.45. The molecule has 2 heterocycles. The lowest BCUT2D eigenvalue weighted by molar-refractivity contribution is 0.454. The number of hydrogen-bond acceptors (Lipinski definition) is 2. The Morgan fingerprint density at radius 2 is 2.00 bits per heavy atom. The number of H-pyrrole nitrogens is 1. The largest absolute Gasteiger partial charge is 0.316 e. The monoisotopic (exact) mass is 263 g/mol. The summed E-state index contributed by atoms with van der Waals surface area (Å²) < 4.78 is 27.7. The van der Waals surface area contributed by atoms with Gasteiger partial charge in [0.25, 0.3) is 0 Å². The van der Waals surface area contributed by atoms with Crippen LogP contribution in [0.5, 0.6) is 0 Å². The maximum absolute atomic E-state index is 13.9. The minimum absolute atomic E-state index is 0.0109. The maximum Gasteiger partial charge on any atom is 0.134 e. The first-order valence-corrected chi connectivity index (χ1v) is 6.45. The fourth-order valence-electron chi connectivity index (χ4n) is 2.66. The van der Waals surface area contributed by atoms with Gasteiger partial charge in [-0.3, -0.25) is 5.10 Å². The quantitative estimate of drug-likeness (QED) is 0.874.